The summed E-state index contributed by atoms with van der Waals surface area (Å²) in [6.45, 7) is 0.619. The Hall–Kier alpha value is -2.93. The van der Waals surface area contributed by atoms with E-state index in [2.05, 4.69) is 20.9 Å². The van der Waals surface area contributed by atoms with Gasteiger partial charge in [0.05, 0.1) is 18.4 Å². The first-order valence-corrected chi connectivity index (χ1v) is 7.20. The normalized spacial score (nSPS) is 17.2. The van der Waals surface area contributed by atoms with Crippen LogP contribution < -0.4 is 20.7 Å². The number of benzene rings is 1. The summed E-state index contributed by atoms with van der Waals surface area (Å²) in [7, 11) is 0. The van der Waals surface area contributed by atoms with Crippen LogP contribution in [0.2, 0.25) is 0 Å². The maximum Gasteiger partial charge on any atom is 0.248 e. The summed E-state index contributed by atoms with van der Waals surface area (Å²) in [5, 5.41) is 8.32. The van der Waals surface area contributed by atoms with Gasteiger partial charge in [0.15, 0.2) is 5.75 Å². The molecule has 0 radical (unpaired) electrons. The van der Waals surface area contributed by atoms with Crippen molar-refractivity contribution in [3.8, 4) is 11.5 Å². The van der Waals surface area contributed by atoms with Crippen molar-refractivity contribution in [2.24, 2.45) is 0 Å². The number of piperazine rings is 1. The zero-order valence-corrected chi connectivity index (χ0v) is 12.3. The van der Waals surface area contributed by atoms with Crippen molar-refractivity contribution < 1.29 is 14.3 Å². The van der Waals surface area contributed by atoms with E-state index in [9.17, 15) is 9.59 Å². The van der Waals surface area contributed by atoms with Crippen LogP contribution in [0.4, 0.5) is 5.69 Å². The van der Waals surface area contributed by atoms with Crippen molar-refractivity contribution in [2.45, 2.75) is 6.04 Å². The molecule has 23 heavy (non-hydrogen) atoms. The fraction of sp³-hybridized carbons (Fsp3) is 0.188. The predicted octanol–water partition coefficient (Wildman–Crippen LogP) is 0.900. The van der Waals surface area contributed by atoms with Gasteiger partial charge in [0.25, 0.3) is 0 Å². The predicted molar refractivity (Wildman–Crippen MR) is 84.2 cm³/mol. The molecule has 1 aliphatic heterocycles. The number of hydrogen-bond donors (Lipinski definition) is 3. The molecule has 1 saturated heterocycles. The van der Waals surface area contributed by atoms with E-state index in [1.54, 1.807) is 42.7 Å². The van der Waals surface area contributed by atoms with Crippen molar-refractivity contribution in [1.29, 1.82) is 0 Å². The summed E-state index contributed by atoms with van der Waals surface area (Å²) in [5.74, 6) is 0.579. The van der Waals surface area contributed by atoms with E-state index >= 15 is 0 Å². The second-order valence-electron chi connectivity index (χ2n) is 5.03. The third-order valence-electron chi connectivity index (χ3n) is 3.29. The molecule has 2 heterocycles. The van der Waals surface area contributed by atoms with Crippen LogP contribution in [0, 0.1) is 0 Å². The average molecular weight is 312 g/mol. The third-order valence-corrected chi connectivity index (χ3v) is 3.29. The Morgan fingerprint density at radius 2 is 2.13 bits per heavy atom. The number of carbonyl (C=O) groups excluding carboxylic acids is 2. The number of nitrogens with one attached hydrogen (secondary N) is 3. The zero-order chi connectivity index (χ0) is 16.1. The minimum atomic E-state index is -0.609. The number of ether oxygens (including phenoxy) is 1. The lowest BCUT2D eigenvalue weighted by Gasteiger charge is -2.23. The van der Waals surface area contributed by atoms with Gasteiger partial charge in [-0.15, -0.1) is 0 Å². The van der Waals surface area contributed by atoms with Gasteiger partial charge in [-0.2, -0.15) is 0 Å². The van der Waals surface area contributed by atoms with Crippen LogP contribution in [-0.2, 0) is 9.59 Å². The van der Waals surface area contributed by atoms with Crippen LogP contribution in [0.25, 0.3) is 0 Å². The Labute approximate surface area is 133 Å². The fourth-order valence-corrected chi connectivity index (χ4v) is 2.20. The number of rotatable bonds is 4. The Morgan fingerprint density at radius 3 is 2.91 bits per heavy atom. The molecule has 3 N–H and O–H groups in total. The van der Waals surface area contributed by atoms with Crippen molar-refractivity contribution in [3.05, 3.63) is 48.8 Å². The van der Waals surface area contributed by atoms with Crippen LogP contribution >= 0.6 is 0 Å². The van der Waals surface area contributed by atoms with Crippen LogP contribution in [-0.4, -0.2) is 35.9 Å². The second-order valence-corrected chi connectivity index (χ2v) is 5.03. The van der Waals surface area contributed by atoms with Crippen LogP contribution in [0.5, 0.6) is 11.5 Å². The third kappa shape index (κ3) is 3.83. The Bertz CT molecular complexity index is 705. The second kappa shape index (κ2) is 6.89. The lowest BCUT2D eigenvalue weighted by atomic mass is 10.2. The maximum absolute atomic E-state index is 12.3. The first-order valence-electron chi connectivity index (χ1n) is 7.20. The quantitative estimate of drug-likeness (QED) is 0.780. The molecule has 0 unspecified atom stereocenters. The van der Waals surface area contributed by atoms with E-state index in [0.29, 0.717) is 23.7 Å². The molecular formula is C16H16N4O3. The summed E-state index contributed by atoms with van der Waals surface area (Å²) in [6.07, 6.45) is 3.24. The lowest BCUT2D eigenvalue weighted by Crippen LogP contribution is -2.57. The van der Waals surface area contributed by atoms with Gasteiger partial charge >= 0.3 is 0 Å². The molecule has 0 aliphatic carbocycles. The smallest absolute Gasteiger partial charge is 0.248 e. The first kappa shape index (κ1) is 15.0. The largest absolute Gasteiger partial charge is 0.454 e. The van der Waals surface area contributed by atoms with E-state index in [4.69, 9.17) is 4.74 Å². The molecule has 0 saturated carbocycles. The molecular weight excluding hydrogens is 296 g/mol. The van der Waals surface area contributed by atoms with Crippen molar-refractivity contribution in [1.82, 2.24) is 15.6 Å². The van der Waals surface area contributed by atoms with E-state index in [1.807, 2.05) is 6.07 Å². The standard InChI is InChI=1S/C16H16N4O3/c21-15-10-18-9-13(19-15)16(22)20-12-5-1-2-6-14(12)23-11-4-3-7-17-8-11/h1-8,13,18H,9-10H2,(H,19,21)(H,20,22)/t13-/m0/s1. The zero-order valence-electron chi connectivity index (χ0n) is 12.3. The number of hydrogen-bond acceptors (Lipinski definition) is 5. The Morgan fingerprint density at radius 1 is 1.26 bits per heavy atom. The minimum Gasteiger partial charge on any atom is -0.454 e. The van der Waals surface area contributed by atoms with Gasteiger partial charge in [-0.3, -0.25) is 14.6 Å². The average Bonchev–Trinajstić information content (AvgIpc) is 2.57. The SMILES string of the molecule is O=C1CNC[C@@H](C(=O)Nc2ccccc2Oc2cccnc2)N1. The van der Waals surface area contributed by atoms with Crippen molar-refractivity contribution in [2.75, 3.05) is 18.4 Å². The summed E-state index contributed by atoms with van der Waals surface area (Å²) in [5.41, 5.74) is 0.529. The molecule has 0 spiro atoms. The van der Waals surface area contributed by atoms with E-state index in [0.717, 1.165) is 0 Å². The lowest BCUT2D eigenvalue weighted by molar-refractivity contribution is -0.127. The van der Waals surface area contributed by atoms with Crippen molar-refractivity contribution >= 4 is 17.5 Å². The summed E-state index contributed by atoms with van der Waals surface area (Å²) < 4.78 is 5.74. The van der Waals surface area contributed by atoms with Crippen molar-refractivity contribution in [3.63, 3.8) is 0 Å². The monoisotopic (exact) mass is 312 g/mol. The highest BCUT2D eigenvalue weighted by atomic mass is 16.5. The van der Waals surface area contributed by atoms with Gasteiger partial charge in [-0.25, -0.2) is 0 Å². The topological polar surface area (TPSA) is 92.4 Å². The van der Waals surface area contributed by atoms with Gasteiger partial charge < -0.3 is 20.7 Å². The number of pyridine rings is 1. The molecule has 118 valence electrons. The molecule has 1 aromatic carbocycles. The first-order chi connectivity index (χ1) is 11.2. The van der Waals surface area contributed by atoms with Crippen LogP contribution in [0.1, 0.15) is 0 Å². The van der Waals surface area contributed by atoms with Gasteiger partial charge in [0, 0.05) is 12.7 Å². The molecule has 7 nitrogen and oxygen atoms in total. The highest BCUT2D eigenvalue weighted by molar-refractivity contribution is 5.99. The summed E-state index contributed by atoms with van der Waals surface area (Å²) in [6, 6.07) is 10.0. The molecule has 7 heteroatoms. The molecule has 1 atom stereocenters. The maximum atomic E-state index is 12.3. The van der Waals surface area contributed by atoms with E-state index in [-0.39, 0.29) is 18.4 Å². The van der Waals surface area contributed by atoms with Gasteiger partial charge in [-0.1, -0.05) is 12.1 Å². The molecule has 1 aliphatic rings. The Kier molecular flexibility index (Phi) is 4.49. The highest BCUT2D eigenvalue weighted by Gasteiger charge is 2.25. The van der Waals surface area contributed by atoms with Crippen LogP contribution in [0.3, 0.4) is 0 Å². The molecule has 2 amide bonds. The number of amides is 2. The number of nitrogens with zero attached hydrogens (tertiary/aromatic N) is 1. The molecule has 1 aromatic heterocycles. The van der Waals surface area contributed by atoms with Gasteiger partial charge in [0.1, 0.15) is 11.8 Å². The van der Waals surface area contributed by atoms with E-state index in [1.165, 1.54) is 0 Å². The number of para-hydroxylation sites is 2. The molecule has 2 aromatic rings. The van der Waals surface area contributed by atoms with E-state index < -0.39 is 6.04 Å². The summed E-state index contributed by atoms with van der Waals surface area (Å²) in [4.78, 5) is 27.6. The number of aromatic nitrogens is 1. The van der Waals surface area contributed by atoms with Gasteiger partial charge in [0.2, 0.25) is 11.8 Å². The molecule has 1 fully saturated rings. The van der Waals surface area contributed by atoms with Gasteiger partial charge in [-0.05, 0) is 24.3 Å². The van der Waals surface area contributed by atoms with Crippen LogP contribution in [0.15, 0.2) is 48.8 Å². The molecule has 3 rings (SSSR count). The Balaban J connectivity index is 1.72. The molecule has 0 bridgehead atoms. The number of carbonyl (C=O) groups is 2. The fourth-order valence-electron chi connectivity index (χ4n) is 2.20. The minimum absolute atomic E-state index is 0.198. The highest BCUT2D eigenvalue weighted by Crippen LogP contribution is 2.28. The number of anilines is 1. The summed E-state index contributed by atoms with van der Waals surface area (Å²) >= 11 is 0.